The summed E-state index contributed by atoms with van der Waals surface area (Å²) in [5, 5.41) is 1.19. The van der Waals surface area contributed by atoms with Crippen molar-refractivity contribution in [2.24, 2.45) is 17.6 Å². The summed E-state index contributed by atoms with van der Waals surface area (Å²) < 4.78 is 0. The van der Waals surface area contributed by atoms with Crippen molar-refractivity contribution in [3.05, 3.63) is 54.7 Å². The van der Waals surface area contributed by atoms with Gasteiger partial charge in [0.05, 0.1) is 5.52 Å². The topological polar surface area (TPSA) is 42.1 Å². The molecule has 3 heteroatoms. The summed E-state index contributed by atoms with van der Waals surface area (Å²) in [7, 11) is 0. The van der Waals surface area contributed by atoms with Crippen LogP contribution in [-0.2, 0) is 0 Å². The Morgan fingerprint density at radius 1 is 1.32 bits per heavy atom. The number of aromatic nitrogens is 1. The third-order valence-electron chi connectivity index (χ3n) is 5.61. The van der Waals surface area contributed by atoms with Gasteiger partial charge < -0.3 is 5.73 Å². The molecule has 1 aromatic carbocycles. The predicted molar refractivity (Wildman–Crippen MR) is 90.4 cm³/mol. The molecule has 0 spiro atoms. The minimum atomic E-state index is 0.0569. The molecule has 0 saturated carbocycles. The molecule has 2 bridgehead atoms. The Labute approximate surface area is 131 Å². The molecule has 0 radical (unpaired) electrons. The quantitative estimate of drug-likeness (QED) is 0.884. The Morgan fingerprint density at radius 2 is 2.18 bits per heavy atom. The summed E-state index contributed by atoms with van der Waals surface area (Å²) in [5.41, 5.74) is 8.99. The van der Waals surface area contributed by atoms with Gasteiger partial charge in [0.25, 0.3) is 0 Å². The smallest absolute Gasteiger partial charge is 0.0705 e. The third kappa shape index (κ3) is 2.16. The van der Waals surface area contributed by atoms with Gasteiger partial charge in [0.2, 0.25) is 0 Å². The first kappa shape index (κ1) is 13.9. The normalized spacial score (nSPS) is 32.0. The number of hydrogen-bond donors (Lipinski definition) is 1. The maximum atomic E-state index is 6.71. The molecule has 3 aliphatic rings. The van der Waals surface area contributed by atoms with Gasteiger partial charge in [-0.25, -0.2) is 0 Å². The minimum absolute atomic E-state index is 0.0569. The van der Waals surface area contributed by atoms with Crippen LogP contribution in [0.15, 0.2) is 49.2 Å². The lowest BCUT2D eigenvalue weighted by Gasteiger charge is -2.51. The van der Waals surface area contributed by atoms with Crippen molar-refractivity contribution in [1.82, 2.24) is 9.88 Å². The van der Waals surface area contributed by atoms with E-state index in [2.05, 4.69) is 46.8 Å². The second-order valence-electron chi connectivity index (χ2n) is 6.69. The van der Waals surface area contributed by atoms with Crippen molar-refractivity contribution < 1.29 is 0 Å². The van der Waals surface area contributed by atoms with Crippen LogP contribution in [0.5, 0.6) is 0 Å². The summed E-state index contributed by atoms with van der Waals surface area (Å²) in [4.78, 5) is 7.04. The van der Waals surface area contributed by atoms with E-state index < -0.39 is 0 Å². The Balaban J connectivity index is 1.67. The Bertz CT molecular complexity index is 691. The SMILES string of the molecule is C=C[C@H]1CN2CCC1C[C@@H]2[C@H](N)c1ccnc2ccccc12. The van der Waals surface area contributed by atoms with Crippen LogP contribution in [0.2, 0.25) is 0 Å². The first-order valence-corrected chi connectivity index (χ1v) is 8.24. The van der Waals surface area contributed by atoms with Gasteiger partial charge in [-0.2, -0.15) is 0 Å². The van der Waals surface area contributed by atoms with Gasteiger partial charge in [0.1, 0.15) is 0 Å². The molecule has 4 heterocycles. The highest BCUT2D eigenvalue weighted by Gasteiger charge is 2.41. The molecule has 3 fully saturated rings. The number of pyridine rings is 1. The van der Waals surface area contributed by atoms with E-state index in [0.717, 1.165) is 18.0 Å². The fourth-order valence-corrected chi connectivity index (χ4v) is 4.37. The van der Waals surface area contributed by atoms with E-state index in [1.165, 1.54) is 30.3 Å². The summed E-state index contributed by atoms with van der Waals surface area (Å²) >= 11 is 0. The first-order chi connectivity index (χ1) is 10.8. The molecule has 0 amide bonds. The lowest BCUT2D eigenvalue weighted by molar-refractivity contribution is 0.00749. The standard InChI is InChI=1S/C19H23N3/c1-2-13-12-22-10-8-14(13)11-18(22)19(20)16-7-9-21-17-6-4-3-5-15(16)17/h2-7,9,13-14,18-19H,1,8,10-12,20H2/t13-,14?,18+,19+/m0/s1. The molecular formula is C19H23N3. The molecule has 3 nitrogen and oxygen atoms in total. The summed E-state index contributed by atoms with van der Waals surface area (Å²) in [6.45, 7) is 6.30. The van der Waals surface area contributed by atoms with E-state index in [9.17, 15) is 0 Å². The maximum absolute atomic E-state index is 6.71. The fourth-order valence-electron chi connectivity index (χ4n) is 4.37. The summed E-state index contributed by atoms with van der Waals surface area (Å²) in [5.74, 6) is 1.40. The zero-order valence-electron chi connectivity index (χ0n) is 12.9. The van der Waals surface area contributed by atoms with E-state index in [-0.39, 0.29) is 6.04 Å². The van der Waals surface area contributed by atoms with Gasteiger partial charge in [-0.1, -0.05) is 24.3 Å². The monoisotopic (exact) mass is 293 g/mol. The third-order valence-corrected chi connectivity index (χ3v) is 5.61. The van der Waals surface area contributed by atoms with Crippen LogP contribution in [0.4, 0.5) is 0 Å². The molecule has 2 aromatic rings. The predicted octanol–water partition coefficient (Wildman–Crippen LogP) is 3.13. The van der Waals surface area contributed by atoms with Crippen molar-refractivity contribution in [1.29, 1.82) is 0 Å². The number of nitrogens with two attached hydrogens (primary N) is 1. The molecule has 114 valence electrons. The number of para-hydroxylation sites is 1. The van der Waals surface area contributed by atoms with E-state index in [1.54, 1.807) is 0 Å². The lowest BCUT2D eigenvalue weighted by atomic mass is 9.73. The molecule has 1 aromatic heterocycles. The van der Waals surface area contributed by atoms with Crippen LogP contribution in [0.1, 0.15) is 24.4 Å². The molecule has 3 saturated heterocycles. The zero-order chi connectivity index (χ0) is 15.1. The number of rotatable bonds is 3. The van der Waals surface area contributed by atoms with Crippen molar-refractivity contribution in [2.45, 2.75) is 24.9 Å². The van der Waals surface area contributed by atoms with Crippen LogP contribution in [0, 0.1) is 11.8 Å². The molecule has 5 atom stereocenters. The van der Waals surface area contributed by atoms with Crippen molar-refractivity contribution in [3.8, 4) is 0 Å². The number of piperidine rings is 3. The lowest BCUT2D eigenvalue weighted by Crippen LogP contribution is -2.56. The van der Waals surface area contributed by atoms with Crippen molar-refractivity contribution >= 4 is 10.9 Å². The van der Waals surface area contributed by atoms with E-state index >= 15 is 0 Å². The molecule has 2 unspecified atom stereocenters. The van der Waals surface area contributed by atoms with E-state index in [1.807, 2.05) is 12.3 Å². The van der Waals surface area contributed by atoms with Gasteiger partial charge in [-0.15, -0.1) is 6.58 Å². The largest absolute Gasteiger partial charge is 0.323 e. The fraction of sp³-hybridized carbons (Fsp3) is 0.421. The summed E-state index contributed by atoms with van der Waals surface area (Å²) in [6.07, 6.45) is 6.51. The van der Waals surface area contributed by atoms with Gasteiger partial charge >= 0.3 is 0 Å². The Kier molecular flexibility index (Phi) is 3.47. The van der Waals surface area contributed by atoms with Crippen LogP contribution in [0.25, 0.3) is 10.9 Å². The number of hydrogen-bond acceptors (Lipinski definition) is 3. The second kappa shape index (κ2) is 5.49. The van der Waals surface area contributed by atoms with Gasteiger partial charge in [-0.05, 0) is 48.9 Å². The number of fused-ring (bicyclic) bond motifs is 4. The minimum Gasteiger partial charge on any atom is -0.323 e. The molecule has 3 aliphatic heterocycles. The number of benzene rings is 1. The second-order valence-corrected chi connectivity index (χ2v) is 6.69. The Morgan fingerprint density at radius 3 is 2.95 bits per heavy atom. The van der Waals surface area contributed by atoms with Gasteiger partial charge in [-0.3, -0.25) is 9.88 Å². The zero-order valence-corrected chi connectivity index (χ0v) is 12.9. The molecule has 5 rings (SSSR count). The number of nitrogens with zero attached hydrogens (tertiary/aromatic N) is 2. The van der Waals surface area contributed by atoms with Crippen LogP contribution < -0.4 is 5.73 Å². The highest BCUT2D eigenvalue weighted by Crippen LogP contribution is 2.41. The Hall–Kier alpha value is -1.71. The first-order valence-electron chi connectivity index (χ1n) is 8.24. The maximum Gasteiger partial charge on any atom is 0.0705 e. The van der Waals surface area contributed by atoms with E-state index in [0.29, 0.717) is 12.0 Å². The van der Waals surface area contributed by atoms with Gasteiger partial charge in [0, 0.05) is 30.2 Å². The average Bonchev–Trinajstić information content (AvgIpc) is 2.60. The van der Waals surface area contributed by atoms with Crippen LogP contribution in [0.3, 0.4) is 0 Å². The van der Waals surface area contributed by atoms with Crippen molar-refractivity contribution in [2.75, 3.05) is 13.1 Å². The van der Waals surface area contributed by atoms with Crippen LogP contribution in [-0.4, -0.2) is 29.0 Å². The van der Waals surface area contributed by atoms with Gasteiger partial charge in [0.15, 0.2) is 0 Å². The summed E-state index contributed by atoms with van der Waals surface area (Å²) in [6, 6.07) is 10.9. The molecular weight excluding hydrogens is 270 g/mol. The average molecular weight is 293 g/mol. The van der Waals surface area contributed by atoms with E-state index in [4.69, 9.17) is 5.73 Å². The highest BCUT2D eigenvalue weighted by atomic mass is 15.2. The molecule has 2 N–H and O–H groups in total. The van der Waals surface area contributed by atoms with Crippen LogP contribution >= 0.6 is 0 Å². The highest BCUT2D eigenvalue weighted by molar-refractivity contribution is 5.82. The van der Waals surface area contributed by atoms with Crippen molar-refractivity contribution in [3.63, 3.8) is 0 Å². The molecule has 22 heavy (non-hydrogen) atoms. The molecule has 0 aliphatic carbocycles.